The second-order valence-corrected chi connectivity index (χ2v) is 6.74. The summed E-state index contributed by atoms with van der Waals surface area (Å²) >= 11 is 0. The normalized spacial score (nSPS) is 13.6. The zero-order chi connectivity index (χ0) is 19.7. The molecule has 9 heteroatoms. The molecule has 0 aliphatic carbocycles. The fourth-order valence-corrected chi connectivity index (χ4v) is 2.98. The van der Waals surface area contributed by atoms with Crippen molar-refractivity contribution < 1.29 is 4.79 Å². The maximum Gasteiger partial charge on any atom is 0.275 e. The van der Waals surface area contributed by atoms with Crippen molar-refractivity contribution in [3.63, 3.8) is 0 Å². The molecule has 1 aromatic carbocycles. The van der Waals surface area contributed by atoms with E-state index in [1.54, 1.807) is 0 Å². The van der Waals surface area contributed by atoms with Gasteiger partial charge >= 0.3 is 0 Å². The van der Waals surface area contributed by atoms with Gasteiger partial charge in [-0.05, 0) is 24.6 Å². The van der Waals surface area contributed by atoms with Gasteiger partial charge in [-0.2, -0.15) is 0 Å². The van der Waals surface area contributed by atoms with E-state index >= 15 is 0 Å². The highest BCUT2D eigenvalue weighted by molar-refractivity contribution is 5.90. The van der Waals surface area contributed by atoms with Crippen LogP contribution in [0.3, 0.4) is 0 Å². The van der Waals surface area contributed by atoms with Gasteiger partial charge in [-0.1, -0.05) is 17.7 Å². The summed E-state index contributed by atoms with van der Waals surface area (Å²) in [5, 5.41) is 17.3. The first kappa shape index (κ1) is 17.8. The third-order valence-corrected chi connectivity index (χ3v) is 4.53. The van der Waals surface area contributed by atoms with Gasteiger partial charge in [0.2, 0.25) is 5.91 Å². The molecule has 28 heavy (non-hydrogen) atoms. The monoisotopic (exact) mass is 376 g/mol. The third-order valence-electron chi connectivity index (χ3n) is 4.53. The maximum atomic E-state index is 11.4. The van der Waals surface area contributed by atoms with E-state index in [1.807, 2.05) is 31.2 Å². The van der Waals surface area contributed by atoms with Gasteiger partial charge in [0.15, 0.2) is 5.82 Å². The predicted molar refractivity (Wildman–Crippen MR) is 108 cm³/mol. The number of aryl methyl sites for hydroxylation is 1. The lowest BCUT2D eigenvalue weighted by Gasteiger charge is -2.28. The first-order valence-corrected chi connectivity index (χ1v) is 8.92. The molecule has 1 aliphatic rings. The number of hydrogen-bond donors (Lipinski definition) is 4. The summed E-state index contributed by atoms with van der Waals surface area (Å²) in [7, 11) is 0. The minimum atomic E-state index is -0.125. The SMILES string of the molecule is [C-]#[N+]c1cnc2c(NC3CNC3)cc(Nc3ccc(C)c(NC(C)=O)c3)nn12. The van der Waals surface area contributed by atoms with Crippen LogP contribution in [-0.4, -0.2) is 39.6 Å². The van der Waals surface area contributed by atoms with Gasteiger partial charge < -0.3 is 26.1 Å². The predicted octanol–water partition coefficient (Wildman–Crippen LogP) is 2.67. The Labute approximate surface area is 162 Å². The van der Waals surface area contributed by atoms with Crippen molar-refractivity contribution in [1.29, 1.82) is 0 Å². The van der Waals surface area contributed by atoms with Crippen LogP contribution in [0.1, 0.15) is 12.5 Å². The molecule has 9 nitrogen and oxygen atoms in total. The Bertz CT molecular complexity index is 1090. The Morgan fingerprint density at radius 1 is 1.32 bits per heavy atom. The molecule has 0 radical (unpaired) electrons. The average molecular weight is 376 g/mol. The van der Waals surface area contributed by atoms with Crippen LogP contribution in [0, 0.1) is 13.5 Å². The third kappa shape index (κ3) is 3.45. The van der Waals surface area contributed by atoms with Crippen molar-refractivity contribution in [2.24, 2.45) is 0 Å². The van der Waals surface area contributed by atoms with Crippen molar-refractivity contribution >= 4 is 40.3 Å². The van der Waals surface area contributed by atoms with E-state index < -0.39 is 0 Å². The number of fused-ring (bicyclic) bond motifs is 1. The molecule has 2 aromatic heterocycles. The second-order valence-electron chi connectivity index (χ2n) is 6.74. The van der Waals surface area contributed by atoms with Crippen molar-refractivity contribution in [2.45, 2.75) is 19.9 Å². The molecule has 1 fully saturated rings. The number of nitrogens with one attached hydrogen (secondary N) is 4. The zero-order valence-electron chi connectivity index (χ0n) is 15.6. The van der Waals surface area contributed by atoms with Gasteiger partial charge in [0.1, 0.15) is 5.69 Å². The van der Waals surface area contributed by atoms with E-state index in [2.05, 4.69) is 36.2 Å². The fraction of sp³-hybridized carbons (Fsp3) is 0.263. The molecule has 1 aliphatic heterocycles. The summed E-state index contributed by atoms with van der Waals surface area (Å²) in [6, 6.07) is 7.89. The molecule has 142 valence electrons. The van der Waals surface area contributed by atoms with Gasteiger partial charge in [0, 0.05) is 37.5 Å². The minimum Gasteiger partial charge on any atom is -0.375 e. The highest BCUT2D eigenvalue weighted by Gasteiger charge is 2.21. The molecule has 4 N–H and O–H groups in total. The molecule has 0 saturated carbocycles. The van der Waals surface area contributed by atoms with Crippen LogP contribution in [0.15, 0.2) is 30.5 Å². The highest BCUT2D eigenvalue weighted by atomic mass is 16.1. The molecule has 1 amide bonds. The van der Waals surface area contributed by atoms with E-state index in [1.165, 1.54) is 17.6 Å². The van der Waals surface area contributed by atoms with Crippen LogP contribution in [0.2, 0.25) is 0 Å². The number of nitrogens with zero attached hydrogens (tertiary/aromatic N) is 4. The quantitative estimate of drug-likeness (QED) is 0.511. The number of imidazole rings is 1. The molecule has 0 atom stereocenters. The van der Waals surface area contributed by atoms with Crippen molar-refractivity contribution in [3.8, 4) is 0 Å². The van der Waals surface area contributed by atoms with Gasteiger partial charge in [-0.3, -0.25) is 4.79 Å². The van der Waals surface area contributed by atoms with Crippen LogP contribution in [0.4, 0.5) is 28.7 Å². The Hall–Kier alpha value is -3.64. The number of amides is 1. The Morgan fingerprint density at radius 3 is 2.82 bits per heavy atom. The van der Waals surface area contributed by atoms with Gasteiger partial charge in [-0.15, -0.1) is 4.52 Å². The van der Waals surface area contributed by atoms with Crippen molar-refractivity contribution in [3.05, 3.63) is 47.4 Å². The number of benzene rings is 1. The minimum absolute atomic E-state index is 0.125. The lowest BCUT2D eigenvalue weighted by atomic mass is 10.1. The van der Waals surface area contributed by atoms with Crippen molar-refractivity contribution in [2.75, 3.05) is 29.0 Å². The average Bonchev–Trinajstić information content (AvgIpc) is 3.03. The van der Waals surface area contributed by atoms with Crippen LogP contribution in [-0.2, 0) is 4.79 Å². The first-order chi connectivity index (χ1) is 13.5. The van der Waals surface area contributed by atoms with Crippen LogP contribution >= 0.6 is 0 Å². The van der Waals surface area contributed by atoms with E-state index in [0.29, 0.717) is 23.3 Å². The number of anilines is 4. The molecule has 0 unspecified atom stereocenters. The molecule has 3 heterocycles. The summed E-state index contributed by atoms with van der Waals surface area (Å²) in [6.45, 7) is 12.5. The molecule has 0 bridgehead atoms. The van der Waals surface area contributed by atoms with E-state index in [4.69, 9.17) is 6.57 Å². The van der Waals surface area contributed by atoms with E-state index in [9.17, 15) is 4.79 Å². The van der Waals surface area contributed by atoms with Crippen LogP contribution in [0.25, 0.3) is 10.5 Å². The summed E-state index contributed by atoms with van der Waals surface area (Å²) in [6.07, 6.45) is 1.52. The molecule has 0 spiro atoms. The van der Waals surface area contributed by atoms with E-state index in [-0.39, 0.29) is 5.91 Å². The lowest BCUT2D eigenvalue weighted by Crippen LogP contribution is -2.51. The standard InChI is InChI=1S/C19H20N8O/c1-11-4-5-13(6-15(11)23-12(2)28)25-17-7-16(24-14-8-21-9-14)19-22-10-18(20-3)27(19)26-17/h4-7,10,14,21,24H,8-9H2,1-2H3,(H,23,28)(H,25,26). The Kier molecular flexibility index (Phi) is 4.55. The topological polar surface area (TPSA) is 99.7 Å². The maximum absolute atomic E-state index is 11.4. The lowest BCUT2D eigenvalue weighted by molar-refractivity contribution is -0.114. The first-order valence-electron chi connectivity index (χ1n) is 8.92. The highest BCUT2D eigenvalue weighted by Crippen LogP contribution is 2.28. The number of aromatic nitrogens is 3. The van der Waals surface area contributed by atoms with E-state index in [0.717, 1.165) is 35.7 Å². The van der Waals surface area contributed by atoms with Crippen LogP contribution in [0.5, 0.6) is 0 Å². The number of carbonyl (C=O) groups is 1. The summed E-state index contributed by atoms with van der Waals surface area (Å²) < 4.78 is 1.53. The second kappa shape index (κ2) is 7.17. The van der Waals surface area contributed by atoms with Gasteiger partial charge in [-0.25, -0.2) is 4.98 Å². The van der Waals surface area contributed by atoms with Crippen molar-refractivity contribution in [1.82, 2.24) is 19.9 Å². The molecular weight excluding hydrogens is 356 g/mol. The largest absolute Gasteiger partial charge is 0.375 e. The summed E-state index contributed by atoms with van der Waals surface area (Å²) in [5.74, 6) is 0.791. The number of carbonyl (C=O) groups excluding carboxylic acids is 1. The zero-order valence-corrected chi connectivity index (χ0v) is 15.6. The molecular formula is C19H20N8O. The smallest absolute Gasteiger partial charge is 0.275 e. The molecule has 1 saturated heterocycles. The Balaban J connectivity index is 1.70. The van der Waals surface area contributed by atoms with Crippen LogP contribution < -0.4 is 21.3 Å². The fourth-order valence-electron chi connectivity index (χ4n) is 2.98. The van der Waals surface area contributed by atoms with Gasteiger partial charge in [0.25, 0.3) is 11.5 Å². The summed E-state index contributed by atoms with van der Waals surface area (Å²) in [5.41, 5.74) is 3.91. The molecule has 4 rings (SSSR count). The number of hydrogen-bond acceptors (Lipinski definition) is 6. The summed E-state index contributed by atoms with van der Waals surface area (Å²) in [4.78, 5) is 19.2. The Morgan fingerprint density at radius 2 is 2.14 bits per heavy atom. The van der Waals surface area contributed by atoms with Gasteiger partial charge in [0.05, 0.1) is 12.2 Å². The molecule has 3 aromatic rings. The number of rotatable bonds is 5.